The molecule has 4 heteroatoms. The molecule has 3 N–H and O–H groups in total. The Hall–Kier alpha value is -1.55. The van der Waals surface area contributed by atoms with Crippen molar-refractivity contribution >= 4 is 6.03 Å². The van der Waals surface area contributed by atoms with Gasteiger partial charge in [0.1, 0.15) is 0 Å². The third-order valence-corrected chi connectivity index (χ3v) is 3.90. The van der Waals surface area contributed by atoms with Crippen molar-refractivity contribution in [2.75, 3.05) is 13.1 Å². The summed E-state index contributed by atoms with van der Waals surface area (Å²) < 4.78 is 0. The van der Waals surface area contributed by atoms with E-state index in [-0.39, 0.29) is 18.1 Å². The Bertz CT molecular complexity index is 475. The Morgan fingerprint density at radius 3 is 2.47 bits per heavy atom. The maximum atomic E-state index is 12.0. The highest BCUT2D eigenvalue weighted by molar-refractivity contribution is 5.78. The van der Waals surface area contributed by atoms with Gasteiger partial charge in [0.15, 0.2) is 0 Å². The number of nitrogens with two attached hydrogens (primary N) is 1. The number of carbonyl (C=O) groups is 1. The summed E-state index contributed by atoms with van der Waals surface area (Å²) in [5.41, 5.74) is 10.6. The van der Waals surface area contributed by atoms with Gasteiger partial charge in [0.2, 0.25) is 0 Å². The van der Waals surface area contributed by atoms with Gasteiger partial charge >= 0.3 is 6.03 Å². The van der Waals surface area contributed by atoms with Crippen LogP contribution in [-0.4, -0.2) is 30.1 Å². The Labute approximate surface area is 115 Å². The summed E-state index contributed by atoms with van der Waals surface area (Å²) in [5.74, 6) is 0. The first kappa shape index (κ1) is 13.9. The van der Waals surface area contributed by atoms with Gasteiger partial charge in [-0.2, -0.15) is 0 Å². The predicted molar refractivity (Wildman–Crippen MR) is 77.1 cm³/mol. The van der Waals surface area contributed by atoms with Gasteiger partial charge in [-0.1, -0.05) is 17.7 Å². The number of hydrogen-bond donors (Lipinski definition) is 2. The molecule has 1 aliphatic rings. The highest BCUT2D eigenvalue weighted by Gasteiger charge is 2.33. The topological polar surface area (TPSA) is 58.4 Å². The third kappa shape index (κ3) is 2.59. The zero-order valence-electron chi connectivity index (χ0n) is 12.2. The monoisotopic (exact) mass is 261 g/mol. The Morgan fingerprint density at radius 2 is 1.95 bits per heavy atom. The molecule has 1 fully saturated rings. The standard InChI is InChI=1S/C15H23N3O/c1-9-5-10(2)14(11(3)6-9)13-8-18(12(4)7-16)15(19)17-13/h5-6,12-13H,7-8,16H2,1-4H3,(H,17,19). The van der Waals surface area contributed by atoms with Crippen molar-refractivity contribution in [3.63, 3.8) is 0 Å². The molecule has 0 spiro atoms. The van der Waals surface area contributed by atoms with E-state index in [2.05, 4.69) is 38.2 Å². The number of nitrogens with zero attached hydrogens (tertiary/aromatic N) is 1. The van der Waals surface area contributed by atoms with E-state index in [1.54, 1.807) is 0 Å². The van der Waals surface area contributed by atoms with Crippen molar-refractivity contribution in [3.05, 3.63) is 34.4 Å². The van der Waals surface area contributed by atoms with Gasteiger partial charge in [-0.25, -0.2) is 4.79 Å². The quantitative estimate of drug-likeness (QED) is 0.874. The molecule has 0 saturated carbocycles. The lowest BCUT2D eigenvalue weighted by Crippen LogP contribution is -2.40. The zero-order valence-corrected chi connectivity index (χ0v) is 12.2. The molecule has 1 aromatic carbocycles. The van der Waals surface area contributed by atoms with Gasteiger partial charge in [0.25, 0.3) is 0 Å². The number of benzene rings is 1. The fraction of sp³-hybridized carbons (Fsp3) is 0.533. The first-order valence-corrected chi connectivity index (χ1v) is 6.79. The summed E-state index contributed by atoms with van der Waals surface area (Å²) in [5, 5.41) is 3.07. The lowest BCUT2D eigenvalue weighted by atomic mass is 9.94. The molecule has 104 valence electrons. The summed E-state index contributed by atoms with van der Waals surface area (Å²) in [7, 11) is 0. The van der Waals surface area contributed by atoms with Gasteiger partial charge in [-0.3, -0.25) is 0 Å². The molecule has 1 aliphatic heterocycles. The molecule has 1 aromatic rings. The summed E-state index contributed by atoms with van der Waals surface area (Å²) in [4.78, 5) is 13.8. The number of carbonyl (C=O) groups excluding carboxylic acids is 1. The Balaban J connectivity index is 2.28. The van der Waals surface area contributed by atoms with Crippen LogP contribution < -0.4 is 11.1 Å². The number of amides is 2. The zero-order chi connectivity index (χ0) is 14.2. The molecule has 2 atom stereocenters. The van der Waals surface area contributed by atoms with Crippen molar-refractivity contribution in [2.24, 2.45) is 5.73 Å². The molecule has 2 unspecified atom stereocenters. The molecule has 0 aromatic heterocycles. The molecule has 4 nitrogen and oxygen atoms in total. The second-order valence-corrected chi connectivity index (χ2v) is 5.55. The maximum Gasteiger partial charge on any atom is 0.318 e. The molecule has 0 aliphatic carbocycles. The van der Waals surface area contributed by atoms with Crippen LogP contribution in [-0.2, 0) is 0 Å². The van der Waals surface area contributed by atoms with Gasteiger partial charge in [-0.15, -0.1) is 0 Å². The van der Waals surface area contributed by atoms with Crippen LogP contribution in [0.25, 0.3) is 0 Å². The van der Waals surface area contributed by atoms with E-state index in [1.807, 2.05) is 11.8 Å². The average Bonchev–Trinajstić information content (AvgIpc) is 2.68. The highest BCUT2D eigenvalue weighted by Crippen LogP contribution is 2.28. The van der Waals surface area contributed by atoms with Gasteiger partial charge in [-0.05, 0) is 44.4 Å². The summed E-state index contributed by atoms with van der Waals surface area (Å²) >= 11 is 0. The van der Waals surface area contributed by atoms with E-state index in [1.165, 1.54) is 22.3 Å². The molecule has 0 radical (unpaired) electrons. The fourth-order valence-electron chi connectivity index (χ4n) is 2.97. The number of hydrogen-bond acceptors (Lipinski definition) is 2. The molecule has 19 heavy (non-hydrogen) atoms. The first-order valence-electron chi connectivity index (χ1n) is 6.79. The number of urea groups is 1. The Kier molecular flexibility index (Phi) is 3.80. The van der Waals surface area contributed by atoms with E-state index in [0.717, 1.165) is 0 Å². The lowest BCUT2D eigenvalue weighted by molar-refractivity contribution is 0.203. The summed E-state index contributed by atoms with van der Waals surface area (Å²) in [6, 6.07) is 4.48. The predicted octanol–water partition coefficient (Wildman–Crippen LogP) is 2.03. The van der Waals surface area contributed by atoms with E-state index in [4.69, 9.17) is 5.73 Å². The fourth-order valence-corrected chi connectivity index (χ4v) is 2.97. The number of nitrogens with one attached hydrogen (secondary N) is 1. The third-order valence-electron chi connectivity index (χ3n) is 3.90. The van der Waals surface area contributed by atoms with E-state index < -0.39 is 0 Å². The van der Waals surface area contributed by atoms with Crippen LogP contribution >= 0.6 is 0 Å². The van der Waals surface area contributed by atoms with Crippen LogP contribution in [0, 0.1) is 20.8 Å². The van der Waals surface area contributed by atoms with Crippen LogP contribution in [0.2, 0.25) is 0 Å². The molecule has 2 amide bonds. The van der Waals surface area contributed by atoms with E-state index in [0.29, 0.717) is 13.1 Å². The molecular formula is C15H23N3O. The lowest BCUT2D eigenvalue weighted by Gasteiger charge is -2.22. The minimum Gasteiger partial charge on any atom is -0.329 e. The molecule has 1 heterocycles. The number of aryl methyl sites for hydroxylation is 3. The first-order chi connectivity index (χ1) is 8.93. The summed E-state index contributed by atoms with van der Waals surface area (Å²) in [6.07, 6.45) is 0. The number of rotatable bonds is 3. The molecular weight excluding hydrogens is 238 g/mol. The van der Waals surface area contributed by atoms with Crippen molar-refractivity contribution in [1.29, 1.82) is 0 Å². The van der Waals surface area contributed by atoms with E-state index in [9.17, 15) is 4.79 Å². The molecule has 1 saturated heterocycles. The van der Waals surface area contributed by atoms with Crippen LogP contribution in [0.5, 0.6) is 0 Å². The van der Waals surface area contributed by atoms with Crippen LogP contribution in [0.1, 0.15) is 35.2 Å². The minimum atomic E-state index is -0.0117. The highest BCUT2D eigenvalue weighted by atomic mass is 16.2. The van der Waals surface area contributed by atoms with Crippen molar-refractivity contribution < 1.29 is 4.79 Å². The van der Waals surface area contributed by atoms with Gasteiger partial charge in [0.05, 0.1) is 6.04 Å². The second-order valence-electron chi connectivity index (χ2n) is 5.55. The van der Waals surface area contributed by atoms with Crippen molar-refractivity contribution in [2.45, 2.75) is 39.8 Å². The minimum absolute atomic E-state index is 0.0117. The maximum absolute atomic E-state index is 12.0. The smallest absolute Gasteiger partial charge is 0.318 e. The molecule has 0 bridgehead atoms. The Morgan fingerprint density at radius 1 is 1.37 bits per heavy atom. The van der Waals surface area contributed by atoms with E-state index >= 15 is 0 Å². The summed E-state index contributed by atoms with van der Waals surface area (Å²) in [6.45, 7) is 9.48. The van der Waals surface area contributed by atoms with Crippen LogP contribution in [0.15, 0.2) is 12.1 Å². The van der Waals surface area contributed by atoms with Crippen molar-refractivity contribution in [3.8, 4) is 0 Å². The largest absolute Gasteiger partial charge is 0.329 e. The molecule has 2 rings (SSSR count). The average molecular weight is 261 g/mol. The van der Waals surface area contributed by atoms with Crippen LogP contribution in [0.4, 0.5) is 4.79 Å². The van der Waals surface area contributed by atoms with Crippen molar-refractivity contribution in [1.82, 2.24) is 10.2 Å². The van der Waals surface area contributed by atoms with Gasteiger partial charge in [0, 0.05) is 19.1 Å². The van der Waals surface area contributed by atoms with Crippen LogP contribution in [0.3, 0.4) is 0 Å². The normalized spacial score (nSPS) is 20.6. The SMILES string of the molecule is Cc1cc(C)c(C2CN(C(C)CN)C(=O)N2)c(C)c1. The van der Waals surface area contributed by atoms with Gasteiger partial charge < -0.3 is 16.0 Å². The second kappa shape index (κ2) is 5.21.